The zero-order chi connectivity index (χ0) is 10.8. The predicted molar refractivity (Wildman–Crippen MR) is 60.0 cm³/mol. The highest BCUT2D eigenvalue weighted by molar-refractivity contribution is 5.10. The first-order chi connectivity index (χ1) is 7.22. The van der Waals surface area contributed by atoms with Gasteiger partial charge in [-0.25, -0.2) is 4.98 Å². The van der Waals surface area contributed by atoms with Crippen LogP contribution in [0, 0.1) is 13.8 Å². The summed E-state index contributed by atoms with van der Waals surface area (Å²) in [6.07, 6.45) is 7.28. The summed E-state index contributed by atoms with van der Waals surface area (Å²) in [4.78, 5) is 4.36. The normalized spacial score (nSPS) is 26.9. The van der Waals surface area contributed by atoms with E-state index in [1.54, 1.807) is 0 Å². The maximum Gasteiger partial charge on any atom is 0.0954 e. The van der Waals surface area contributed by atoms with E-state index in [2.05, 4.69) is 23.4 Å². The van der Waals surface area contributed by atoms with Crippen molar-refractivity contribution < 1.29 is 4.74 Å². The minimum Gasteiger partial charge on any atom is -0.381 e. The van der Waals surface area contributed by atoms with Crippen LogP contribution in [0.2, 0.25) is 0 Å². The molecule has 0 bridgehead atoms. The molecule has 0 radical (unpaired) electrons. The molecule has 84 valence electrons. The molecule has 3 heteroatoms. The Morgan fingerprint density at radius 3 is 2.80 bits per heavy atom. The number of hydrogen-bond acceptors (Lipinski definition) is 2. The number of ether oxygens (including phenoxy) is 1. The molecule has 0 spiro atoms. The molecule has 1 aliphatic rings. The molecule has 0 N–H and O–H groups in total. The van der Waals surface area contributed by atoms with Crippen molar-refractivity contribution in [1.82, 2.24) is 9.55 Å². The Morgan fingerprint density at radius 2 is 2.20 bits per heavy atom. The minimum atomic E-state index is 0.436. The number of aromatic nitrogens is 2. The molecule has 2 unspecified atom stereocenters. The SMILES string of the molecule is COC1CCCC(n2cnc(C)c2C)C1. The average Bonchev–Trinajstić information content (AvgIpc) is 2.60. The van der Waals surface area contributed by atoms with E-state index in [0.29, 0.717) is 12.1 Å². The fourth-order valence-corrected chi connectivity index (χ4v) is 2.47. The van der Waals surface area contributed by atoms with Crippen molar-refractivity contribution in [3.8, 4) is 0 Å². The number of aryl methyl sites for hydroxylation is 1. The number of imidazole rings is 1. The Labute approximate surface area is 91.5 Å². The Bertz CT molecular complexity index is 332. The van der Waals surface area contributed by atoms with Crippen LogP contribution in [0.25, 0.3) is 0 Å². The van der Waals surface area contributed by atoms with Crippen LogP contribution in [-0.4, -0.2) is 22.8 Å². The molecule has 1 aromatic rings. The van der Waals surface area contributed by atoms with Crippen molar-refractivity contribution >= 4 is 0 Å². The molecule has 2 rings (SSSR count). The van der Waals surface area contributed by atoms with E-state index in [-0.39, 0.29) is 0 Å². The number of hydrogen-bond donors (Lipinski definition) is 0. The highest BCUT2D eigenvalue weighted by Crippen LogP contribution is 2.31. The van der Waals surface area contributed by atoms with Gasteiger partial charge in [0.05, 0.1) is 18.1 Å². The van der Waals surface area contributed by atoms with Crippen LogP contribution in [0.4, 0.5) is 0 Å². The summed E-state index contributed by atoms with van der Waals surface area (Å²) in [5.74, 6) is 0. The second kappa shape index (κ2) is 4.35. The van der Waals surface area contributed by atoms with E-state index in [1.165, 1.54) is 25.0 Å². The monoisotopic (exact) mass is 208 g/mol. The van der Waals surface area contributed by atoms with E-state index < -0.39 is 0 Å². The first-order valence-corrected chi connectivity index (χ1v) is 5.75. The van der Waals surface area contributed by atoms with Crippen LogP contribution >= 0.6 is 0 Å². The van der Waals surface area contributed by atoms with Crippen LogP contribution in [-0.2, 0) is 4.74 Å². The van der Waals surface area contributed by atoms with Gasteiger partial charge in [0.2, 0.25) is 0 Å². The predicted octanol–water partition coefficient (Wildman–Crippen LogP) is 2.63. The number of nitrogens with zero attached hydrogens (tertiary/aromatic N) is 2. The van der Waals surface area contributed by atoms with E-state index in [9.17, 15) is 0 Å². The summed E-state index contributed by atoms with van der Waals surface area (Å²) in [5.41, 5.74) is 2.45. The van der Waals surface area contributed by atoms with Crippen LogP contribution in [0.3, 0.4) is 0 Å². The van der Waals surface area contributed by atoms with Gasteiger partial charge in [-0.15, -0.1) is 0 Å². The summed E-state index contributed by atoms with van der Waals surface area (Å²) in [7, 11) is 1.82. The topological polar surface area (TPSA) is 27.1 Å². The lowest BCUT2D eigenvalue weighted by Gasteiger charge is -2.29. The van der Waals surface area contributed by atoms with Crippen molar-refractivity contribution in [1.29, 1.82) is 0 Å². The molecule has 1 aliphatic carbocycles. The molecular weight excluding hydrogens is 188 g/mol. The number of methoxy groups -OCH3 is 1. The lowest BCUT2D eigenvalue weighted by Crippen LogP contribution is -2.24. The van der Waals surface area contributed by atoms with Crippen molar-refractivity contribution in [3.05, 3.63) is 17.7 Å². The van der Waals surface area contributed by atoms with Crippen molar-refractivity contribution in [3.63, 3.8) is 0 Å². The van der Waals surface area contributed by atoms with Gasteiger partial charge in [-0.3, -0.25) is 0 Å². The summed E-state index contributed by atoms with van der Waals surface area (Å²) in [5, 5.41) is 0. The van der Waals surface area contributed by atoms with E-state index in [1.807, 2.05) is 13.4 Å². The van der Waals surface area contributed by atoms with Crippen LogP contribution in [0.5, 0.6) is 0 Å². The molecule has 0 amide bonds. The van der Waals surface area contributed by atoms with Crippen LogP contribution < -0.4 is 0 Å². The molecule has 1 heterocycles. The third-order valence-electron chi connectivity index (χ3n) is 3.61. The number of rotatable bonds is 2. The molecule has 1 fully saturated rings. The molecule has 15 heavy (non-hydrogen) atoms. The molecule has 1 saturated carbocycles. The van der Waals surface area contributed by atoms with Gasteiger partial charge in [-0.1, -0.05) is 0 Å². The molecule has 3 nitrogen and oxygen atoms in total. The first-order valence-electron chi connectivity index (χ1n) is 5.75. The maximum absolute atomic E-state index is 5.46. The Balaban J connectivity index is 2.13. The highest BCUT2D eigenvalue weighted by Gasteiger charge is 2.23. The van der Waals surface area contributed by atoms with E-state index >= 15 is 0 Å². The summed E-state index contributed by atoms with van der Waals surface area (Å²) in [6.45, 7) is 4.22. The summed E-state index contributed by atoms with van der Waals surface area (Å²) in [6, 6.07) is 0.588. The van der Waals surface area contributed by atoms with Gasteiger partial charge in [-0.2, -0.15) is 0 Å². The van der Waals surface area contributed by atoms with E-state index in [0.717, 1.165) is 12.1 Å². The molecule has 0 aromatic carbocycles. The van der Waals surface area contributed by atoms with Crippen molar-refractivity contribution in [2.24, 2.45) is 0 Å². The highest BCUT2D eigenvalue weighted by atomic mass is 16.5. The second-order valence-corrected chi connectivity index (χ2v) is 4.50. The van der Waals surface area contributed by atoms with Gasteiger partial charge in [0.25, 0.3) is 0 Å². The largest absolute Gasteiger partial charge is 0.381 e. The molecule has 1 aromatic heterocycles. The minimum absolute atomic E-state index is 0.436. The third kappa shape index (κ3) is 2.07. The molecule has 2 atom stereocenters. The second-order valence-electron chi connectivity index (χ2n) is 4.50. The standard InChI is InChI=1S/C12H20N2O/c1-9-10(2)14(8-13-9)11-5-4-6-12(7-11)15-3/h8,11-12H,4-7H2,1-3H3. The van der Waals surface area contributed by atoms with Gasteiger partial charge in [0.1, 0.15) is 0 Å². The Kier molecular flexibility index (Phi) is 3.10. The Hall–Kier alpha value is -0.830. The molecular formula is C12H20N2O. The molecule has 0 saturated heterocycles. The first kappa shape index (κ1) is 10.7. The summed E-state index contributed by atoms with van der Waals surface area (Å²) < 4.78 is 7.78. The lowest BCUT2D eigenvalue weighted by atomic mass is 9.92. The van der Waals surface area contributed by atoms with Crippen LogP contribution in [0.15, 0.2) is 6.33 Å². The average molecular weight is 208 g/mol. The molecule has 0 aliphatic heterocycles. The van der Waals surface area contributed by atoms with Gasteiger partial charge in [0, 0.05) is 18.8 Å². The van der Waals surface area contributed by atoms with Gasteiger partial charge in [-0.05, 0) is 39.5 Å². The zero-order valence-electron chi connectivity index (χ0n) is 9.86. The van der Waals surface area contributed by atoms with Crippen molar-refractivity contribution in [2.45, 2.75) is 51.7 Å². The van der Waals surface area contributed by atoms with Gasteiger partial charge in [0.15, 0.2) is 0 Å². The van der Waals surface area contributed by atoms with Crippen molar-refractivity contribution in [2.75, 3.05) is 7.11 Å². The third-order valence-corrected chi connectivity index (χ3v) is 3.61. The lowest BCUT2D eigenvalue weighted by molar-refractivity contribution is 0.0527. The van der Waals surface area contributed by atoms with Gasteiger partial charge < -0.3 is 9.30 Å². The van der Waals surface area contributed by atoms with Crippen LogP contribution in [0.1, 0.15) is 43.1 Å². The van der Waals surface area contributed by atoms with E-state index in [4.69, 9.17) is 4.74 Å². The Morgan fingerprint density at radius 1 is 1.40 bits per heavy atom. The smallest absolute Gasteiger partial charge is 0.0954 e. The fourth-order valence-electron chi connectivity index (χ4n) is 2.47. The zero-order valence-corrected chi connectivity index (χ0v) is 9.86. The summed E-state index contributed by atoms with van der Waals surface area (Å²) >= 11 is 0. The maximum atomic E-state index is 5.46. The fraction of sp³-hybridized carbons (Fsp3) is 0.750. The van der Waals surface area contributed by atoms with Gasteiger partial charge >= 0.3 is 0 Å². The quantitative estimate of drug-likeness (QED) is 0.747.